The number of nitrogens with one attached hydrogen (secondary N) is 1. The second-order valence-corrected chi connectivity index (χ2v) is 9.71. The Hall–Kier alpha value is -2.31. The minimum atomic E-state index is -0.460. The Bertz CT molecular complexity index is 1060. The summed E-state index contributed by atoms with van der Waals surface area (Å²) in [7, 11) is 0. The number of benzene rings is 2. The van der Waals surface area contributed by atoms with Crippen LogP contribution in [0.1, 0.15) is 36.5 Å². The maximum atomic E-state index is 12.7. The normalized spacial score (nSPS) is 17.5. The fourth-order valence-corrected chi connectivity index (χ4v) is 4.90. The van der Waals surface area contributed by atoms with Crippen molar-refractivity contribution in [3.8, 4) is 0 Å². The van der Waals surface area contributed by atoms with Gasteiger partial charge >= 0.3 is 6.03 Å². The third kappa shape index (κ3) is 4.80. The Morgan fingerprint density at radius 2 is 1.90 bits per heavy atom. The van der Waals surface area contributed by atoms with Crippen LogP contribution in [-0.4, -0.2) is 46.2 Å². The summed E-state index contributed by atoms with van der Waals surface area (Å²) < 4.78 is 0. The van der Waals surface area contributed by atoms with Gasteiger partial charge in [0.15, 0.2) is 5.66 Å². The highest BCUT2D eigenvalue weighted by Crippen LogP contribution is 2.36. The first-order valence-electron chi connectivity index (χ1n) is 10.6. The lowest BCUT2D eigenvalue weighted by Gasteiger charge is -2.35. The Balaban J connectivity index is 1.49. The number of carbonyl (C=O) groups excluding carboxylic acids is 1. The molecule has 0 aliphatic carbocycles. The third-order valence-corrected chi connectivity index (χ3v) is 6.90. The summed E-state index contributed by atoms with van der Waals surface area (Å²) in [4.78, 5) is 24.7. The van der Waals surface area contributed by atoms with Crippen molar-refractivity contribution in [2.24, 2.45) is 9.98 Å². The highest BCUT2D eigenvalue weighted by Gasteiger charge is 2.40. The average Bonchev–Trinajstić information content (AvgIpc) is 3.08. The average molecular weight is 455 g/mol. The summed E-state index contributed by atoms with van der Waals surface area (Å²) in [6.45, 7) is 7.62. The summed E-state index contributed by atoms with van der Waals surface area (Å²) in [5, 5.41) is 4.55. The number of halogens is 1. The summed E-state index contributed by atoms with van der Waals surface area (Å²) >= 11 is 7.77. The van der Waals surface area contributed by atoms with Crippen molar-refractivity contribution >= 4 is 45.8 Å². The Kier molecular flexibility index (Phi) is 6.39. The molecule has 31 heavy (non-hydrogen) atoms. The predicted molar refractivity (Wildman–Crippen MR) is 132 cm³/mol. The van der Waals surface area contributed by atoms with Crippen molar-refractivity contribution in [2.75, 3.05) is 24.2 Å². The predicted octanol–water partition coefficient (Wildman–Crippen LogP) is 5.94. The number of aryl methyl sites for hydroxylation is 2. The number of carbonyl (C=O) groups is 1. The second-order valence-electron chi connectivity index (χ2n) is 8.02. The van der Waals surface area contributed by atoms with Crippen LogP contribution in [0.2, 0.25) is 5.02 Å². The van der Waals surface area contributed by atoms with Crippen LogP contribution in [0, 0.1) is 13.8 Å². The number of piperidine rings is 1. The van der Waals surface area contributed by atoms with E-state index in [2.05, 4.69) is 44.3 Å². The van der Waals surface area contributed by atoms with Gasteiger partial charge in [0.25, 0.3) is 0 Å². The maximum Gasteiger partial charge on any atom is 0.321 e. The molecule has 1 N–H and O–H groups in total. The van der Waals surface area contributed by atoms with Gasteiger partial charge in [0.2, 0.25) is 0 Å². The molecule has 1 fully saturated rings. The number of aliphatic imine (C=N–C) groups is 2. The molecule has 5 nitrogen and oxygen atoms in total. The highest BCUT2D eigenvalue weighted by atomic mass is 35.5. The van der Waals surface area contributed by atoms with Crippen molar-refractivity contribution in [3.63, 3.8) is 0 Å². The van der Waals surface area contributed by atoms with Crippen LogP contribution in [0.25, 0.3) is 0 Å². The van der Waals surface area contributed by atoms with E-state index in [9.17, 15) is 4.79 Å². The van der Waals surface area contributed by atoms with Gasteiger partial charge in [-0.05, 0) is 55.0 Å². The fraction of sp³-hybridized carbons (Fsp3) is 0.375. The van der Waals surface area contributed by atoms with E-state index in [1.165, 1.54) is 11.1 Å². The van der Waals surface area contributed by atoms with Crippen molar-refractivity contribution in [1.29, 1.82) is 0 Å². The SMILES string of the molecule is CCSC1=NC2(CCN(C(=O)Nc3cccc(Cl)c3)CC2)N=C1c1ccc(C)c(C)c1. The van der Waals surface area contributed by atoms with E-state index < -0.39 is 5.66 Å². The Labute approximate surface area is 193 Å². The van der Waals surface area contributed by atoms with Crippen LogP contribution >= 0.6 is 23.4 Å². The number of thioether (sulfide) groups is 1. The molecule has 0 unspecified atom stereocenters. The summed E-state index contributed by atoms with van der Waals surface area (Å²) in [6, 6.07) is 13.6. The van der Waals surface area contributed by atoms with E-state index in [0.29, 0.717) is 23.8 Å². The number of hydrogen-bond acceptors (Lipinski definition) is 4. The smallest absolute Gasteiger partial charge is 0.321 e. The van der Waals surface area contributed by atoms with E-state index in [4.69, 9.17) is 21.6 Å². The maximum absolute atomic E-state index is 12.7. The Morgan fingerprint density at radius 1 is 1.13 bits per heavy atom. The lowest BCUT2D eigenvalue weighted by Crippen LogP contribution is -2.46. The number of urea groups is 1. The standard InChI is InChI=1S/C24H27ClN4OS/c1-4-31-22-21(18-9-8-16(2)17(3)14-18)27-24(28-22)10-12-29(13-11-24)23(30)26-20-7-5-6-19(25)15-20/h5-9,14-15H,4,10-13H2,1-3H3,(H,26,30). The number of nitrogens with zero attached hydrogens (tertiary/aromatic N) is 3. The monoisotopic (exact) mass is 454 g/mol. The minimum absolute atomic E-state index is 0.111. The molecule has 4 rings (SSSR count). The lowest BCUT2D eigenvalue weighted by molar-refractivity contribution is 0.175. The van der Waals surface area contributed by atoms with Gasteiger partial charge in [0.1, 0.15) is 5.04 Å². The zero-order chi connectivity index (χ0) is 22.0. The topological polar surface area (TPSA) is 57.1 Å². The second kappa shape index (κ2) is 9.05. The number of amides is 2. The molecule has 7 heteroatoms. The van der Waals surface area contributed by atoms with Gasteiger partial charge < -0.3 is 10.2 Å². The van der Waals surface area contributed by atoms with E-state index in [1.54, 1.807) is 23.9 Å². The number of hydrogen-bond donors (Lipinski definition) is 1. The zero-order valence-electron chi connectivity index (χ0n) is 18.1. The summed E-state index contributed by atoms with van der Waals surface area (Å²) in [5.74, 6) is 0.951. The van der Waals surface area contributed by atoms with Gasteiger partial charge in [-0.1, -0.05) is 36.7 Å². The van der Waals surface area contributed by atoms with Crippen molar-refractivity contribution in [1.82, 2.24) is 4.90 Å². The van der Waals surface area contributed by atoms with Crippen molar-refractivity contribution < 1.29 is 4.79 Å². The highest BCUT2D eigenvalue weighted by molar-refractivity contribution is 8.15. The number of rotatable bonds is 3. The zero-order valence-corrected chi connectivity index (χ0v) is 19.7. The van der Waals surface area contributed by atoms with Crippen LogP contribution in [0.4, 0.5) is 10.5 Å². The van der Waals surface area contributed by atoms with E-state index in [1.807, 2.05) is 17.0 Å². The first-order valence-corrected chi connectivity index (χ1v) is 12.0. The first-order chi connectivity index (χ1) is 14.9. The quantitative estimate of drug-likeness (QED) is 0.624. The van der Waals surface area contributed by atoms with Gasteiger partial charge in [-0.2, -0.15) is 0 Å². The molecule has 2 aliphatic rings. The van der Waals surface area contributed by atoms with Crippen LogP contribution in [-0.2, 0) is 0 Å². The van der Waals surface area contributed by atoms with Crippen molar-refractivity contribution in [2.45, 2.75) is 39.3 Å². The molecule has 0 radical (unpaired) electrons. The van der Waals surface area contributed by atoms with Crippen LogP contribution in [0.3, 0.4) is 0 Å². The molecule has 0 atom stereocenters. The largest absolute Gasteiger partial charge is 0.324 e. The fourth-order valence-electron chi connectivity index (χ4n) is 3.90. The molecule has 162 valence electrons. The number of likely N-dealkylation sites (tertiary alicyclic amines) is 1. The molecule has 1 saturated heterocycles. The first kappa shape index (κ1) is 21.9. The molecule has 1 spiro atoms. The molecule has 2 aromatic rings. The van der Waals surface area contributed by atoms with E-state index in [0.717, 1.165) is 34.9 Å². The molecule has 0 aromatic heterocycles. The Morgan fingerprint density at radius 3 is 2.58 bits per heavy atom. The third-order valence-electron chi connectivity index (χ3n) is 5.82. The van der Waals surface area contributed by atoms with Crippen LogP contribution in [0.5, 0.6) is 0 Å². The van der Waals surface area contributed by atoms with Gasteiger partial charge in [-0.25, -0.2) is 9.79 Å². The van der Waals surface area contributed by atoms with E-state index >= 15 is 0 Å². The molecule has 2 heterocycles. The molecular formula is C24H27ClN4OS. The number of anilines is 1. The van der Waals surface area contributed by atoms with Crippen LogP contribution < -0.4 is 5.32 Å². The van der Waals surface area contributed by atoms with Gasteiger partial charge in [-0.3, -0.25) is 4.99 Å². The molecule has 0 saturated carbocycles. The van der Waals surface area contributed by atoms with Gasteiger partial charge in [-0.15, -0.1) is 11.8 Å². The van der Waals surface area contributed by atoms with E-state index in [-0.39, 0.29) is 6.03 Å². The molecule has 2 aromatic carbocycles. The van der Waals surface area contributed by atoms with Gasteiger partial charge in [0, 0.05) is 42.2 Å². The molecule has 2 amide bonds. The molecule has 0 bridgehead atoms. The lowest BCUT2D eigenvalue weighted by atomic mass is 9.98. The minimum Gasteiger partial charge on any atom is -0.324 e. The van der Waals surface area contributed by atoms with Crippen LogP contribution in [0.15, 0.2) is 52.4 Å². The van der Waals surface area contributed by atoms with Gasteiger partial charge in [0.05, 0.1) is 5.71 Å². The molecule has 2 aliphatic heterocycles. The van der Waals surface area contributed by atoms with Crippen molar-refractivity contribution in [3.05, 3.63) is 64.2 Å². The summed E-state index contributed by atoms with van der Waals surface area (Å²) in [6.07, 6.45) is 1.44. The molecular weight excluding hydrogens is 428 g/mol. The summed E-state index contributed by atoms with van der Waals surface area (Å²) in [5.41, 5.74) is 4.89.